The Kier molecular flexibility index (Phi) is 5.19. The molecule has 0 fully saturated rings. The van der Waals surface area contributed by atoms with E-state index >= 15 is 0 Å². The molecule has 0 radical (unpaired) electrons. The van der Waals surface area contributed by atoms with Crippen LogP contribution >= 0.6 is 0 Å². The number of benzene rings is 2. The number of nitrogens with two attached hydrogens (primary N) is 1. The third kappa shape index (κ3) is 3.84. The van der Waals surface area contributed by atoms with E-state index in [1.165, 1.54) is 5.56 Å². The highest BCUT2D eigenvalue weighted by atomic mass is 16.5. The minimum atomic E-state index is 0.00671. The van der Waals surface area contributed by atoms with Crippen molar-refractivity contribution in [2.24, 2.45) is 5.73 Å². The molecule has 106 valence electrons. The Bertz CT molecular complexity index is 524. The maximum Gasteiger partial charge on any atom is 0.125 e. The Hall–Kier alpha value is -1.80. The molecule has 0 aromatic heterocycles. The molecule has 0 heterocycles. The molecule has 2 aromatic rings. The molecule has 0 aliphatic rings. The highest BCUT2D eigenvalue weighted by Gasteiger charge is 2.17. The summed E-state index contributed by atoms with van der Waals surface area (Å²) in [5.74, 6) is 0.935. The van der Waals surface area contributed by atoms with E-state index in [-0.39, 0.29) is 12.1 Å². The summed E-state index contributed by atoms with van der Waals surface area (Å²) in [4.78, 5) is 0. The molecular formula is C18H23NO. The lowest BCUT2D eigenvalue weighted by atomic mass is 10.0. The fraction of sp³-hybridized carbons (Fsp3) is 0.333. The van der Waals surface area contributed by atoms with Gasteiger partial charge in [0.1, 0.15) is 11.9 Å². The van der Waals surface area contributed by atoms with E-state index in [1.54, 1.807) is 0 Å². The maximum absolute atomic E-state index is 6.22. The zero-order valence-corrected chi connectivity index (χ0v) is 12.3. The zero-order chi connectivity index (χ0) is 14.4. The second kappa shape index (κ2) is 7.11. The van der Waals surface area contributed by atoms with Crippen molar-refractivity contribution in [1.82, 2.24) is 0 Å². The molecule has 0 aliphatic heterocycles. The van der Waals surface area contributed by atoms with E-state index in [9.17, 15) is 0 Å². The van der Waals surface area contributed by atoms with Crippen LogP contribution in [0.3, 0.4) is 0 Å². The number of aryl methyl sites for hydroxylation is 1. The molecule has 0 spiro atoms. The molecule has 2 unspecified atom stereocenters. The lowest BCUT2D eigenvalue weighted by molar-refractivity contribution is 0.182. The zero-order valence-electron chi connectivity index (χ0n) is 12.3. The fourth-order valence-electron chi connectivity index (χ4n) is 2.20. The van der Waals surface area contributed by atoms with E-state index in [0.29, 0.717) is 0 Å². The van der Waals surface area contributed by atoms with Gasteiger partial charge in [0.05, 0.1) is 0 Å². The van der Waals surface area contributed by atoms with Crippen LogP contribution in [0, 0.1) is 6.92 Å². The molecule has 2 nitrogen and oxygen atoms in total. The summed E-state index contributed by atoms with van der Waals surface area (Å²) in [6, 6.07) is 18.6. The van der Waals surface area contributed by atoms with Crippen LogP contribution in [0.15, 0.2) is 54.6 Å². The largest absolute Gasteiger partial charge is 0.485 e. The Labute approximate surface area is 121 Å². The van der Waals surface area contributed by atoms with Crippen LogP contribution in [0.4, 0.5) is 0 Å². The van der Waals surface area contributed by atoms with Gasteiger partial charge >= 0.3 is 0 Å². The van der Waals surface area contributed by atoms with Gasteiger partial charge in [-0.2, -0.15) is 0 Å². The van der Waals surface area contributed by atoms with Crippen molar-refractivity contribution >= 4 is 0 Å². The number of hydrogen-bond acceptors (Lipinski definition) is 2. The molecule has 2 aromatic carbocycles. The average Bonchev–Trinajstić information content (AvgIpc) is 2.49. The van der Waals surface area contributed by atoms with Gasteiger partial charge in [-0.3, -0.25) is 0 Å². The van der Waals surface area contributed by atoms with Gasteiger partial charge in [-0.1, -0.05) is 55.5 Å². The summed E-state index contributed by atoms with van der Waals surface area (Å²) in [6.45, 7) is 4.18. The van der Waals surface area contributed by atoms with Gasteiger partial charge in [0.25, 0.3) is 0 Å². The second-order valence-electron chi connectivity index (χ2n) is 5.19. The van der Waals surface area contributed by atoms with Crippen LogP contribution < -0.4 is 10.5 Å². The average molecular weight is 269 g/mol. The summed E-state index contributed by atoms with van der Waals surface area (Å²) in [5.41, 5.74) is 8.45. The predicted molar refractivity (Wildman–Crippen MR) is 83.9 cm³/mol. The van der Waals surface area contributed by atoms with E-state index in [4.69, 9.17) is 10.5 Å². The van der Waals surface area contributed by atoms with Crippen LogP contribution in [0.25, 0.3) is 0 Å². The lowest BCUT2D eigenvalue weighted by Crippen LogP contribution is -2.24. The van der Waals surface area contributed by atoms with E-state index in [0.717, 1.165) is 24.2 Å². The molecule has 0 saturated heterocycles. The van der Waals surface area contributed by atoms with Crippen molar-refractivity contribution in [3.63, 3.8) is 0 Å². The summed E-state index contributed by atoms with van der Waals surface area (Å²) in [6.07, 6.45) is 1.79. The van der Waals surface area contributed by atoms with Crippen molar-refractivity contribution < 1.29 is 4.74 Å². The fourth-order valence-corrected chi connectivity index (χ4v) is 2.20. The van der Waals surface area contributed by atoms with E-state index in [1.807, 2.05) is 36.4 Å². The van der Waals surface area contributed by atoms with Gasteiger partial charge in [0.15, 0.2) is 0 Å². The normalized spacial score (nSPS) is 13.8. The Morgan fingerprint density at radius 3 is 2.30 bits per heavy atom. The van der Waals surface area contributed by atoms with Gasteiger partial charge in [-0.05, 0) is 30.5 Å². The minimum Gasteiger partial charge on any atom is -0.485 e. The van der Waals surface area contributed by atoms with Crippen molar-refractivity contribution in [2.75, 3.05) is 0 Å². The maximum atomic E-state index is 6.22. The number of rotatable bonds is 6. The standard InChI is InChI=1S/C18H23NO/c1-3-16(19)13-18(15-10-5-4-6-11-15)20-17-12-8-7-9-14(17)2/h4-12,16,18H,3,13,19H2,1-2H3. The number of ether oxygens (including phenoxy) is 1. The lowest BCUT2D eigenvalue weighted by Gasteiger charge is -2.23. The van der Waals surface area contributed by atoms with Crippen LogP contribution in [0.5, 0.6) is 5.75 Å². The molecule has 2 atom stereocenters. The van der Waals surface area contributed by atoms with E-state index < -0.39 is 0 Å². The van der Waals surface area contributed by atoms with Gasteiger partial charge < -0.3 is 10.5 Å². The summed E-state index contributed by atoms with van der Waals surface area (Å²) in [7, 11) is 0. The highest BCUT2D eigenvalue weighted by Crippen LogP contribution is 2.28. The monoisotopic (exact) mass is 269 g/mol. The summed E-state index contributed by atoms with van der Waals surface area (Å²) in [5, 5.41) is 0. The molecule has 2 N–H and O–H groups in total. The molecule has 0 saturated carbocycles. The highest BCUT2D eigenvalue weighted by molar-refractivity contribution is 5.33. The van der Waals surface area contributed by atoms with Crippen molar-refractivity contribution in [1.29, 1.82) is 0 Å². The van der Waals surface area contributed by atoms with Crippen LogP contribution in [0.2, 0.25) is 0 Å². The first kappa shape index (κ1) is 14.6. The Morgan fingerprint density at radius 1 is 1.00 bits per heavy atom. The quantitative estimate of drug-likeness (QED) is 0.851. The van der Waals surface area contributed by atoms with Crippen LogP contribution in [0.1, 0.15) is 37.0 Å². The summed E-state index contributed by atoms with van der Waals surface area (Å²) < 4.78 is 6.22. The molecular weight excluding hydrogens is 246 g/mol. The van der Waals surface area contributed by atoms with E-state index in [2.05, 4.69) is 32.0 Å². The first-order valence-corrected chi connectivity index (χ1v) is 7.23. The minimum absolute atomic E-state index is 0.00671. The van der Waals surface area contributed by atoms with Gasteiger partial charge in [0, 0.05) is 12.5 Å². The second-order valence-corrected chi connectivity index (χ2v) is 5.19. The SMILES string of the molecule is CCC(N)CC(Oc1ccccc1C)c1ccccc1. The molecule has 0 aliphatic carbocycles. The molecule has 0 amide bonds. The topological polar surface area (TPSA) is 35.2 Å². The summed E-state index contributed by atoms with van der Waals surface area (Å²) >= 11 is 0. The smallest absolute Gasteiger partial charge is 0.125 e. The molecule has 0 bridgehead atoms. The van der Waals surface area contributed by atoms with Gasteiger partial charge in [-0.25, -0.2) is 0 Å². The van der Waals surface area contributed by atoms with Crippen molar-refractivity contribution in [2.45, 2.75) is 38.8 Å². The molecule has 20 heavy (non-hydrogen) atoms. The Balaban J connectivity index is 2.21. The van der Waals surface area contributed by atoms with Crippen LogP contribution in [-0.2, 0) is 0 Å². The van der Waals surface area contributed by atoms with Crippen molar-refractivity contribution in [3.8, 4) is 5.75 Å². The van der Waals surface area contributed by atoms with Crippen molar-refractivity contribution in [3.05, 3.63) is 65.7 Å². The third-order valence-electron chi connectivity index (χ3n) is 3.58. The molecule has 2 rings (SSSR count). The van der Waals surface area contributed by atoms with Gasteiger partial charge in [0.2, 0.25) is 0 Å². The van der Waals surface area contributed by atoms with Crippen LogP contribution in [-0.4, -0.2) is 6.04 Å². The predicted octanol–water partition coefficient (Wildman–Crippen LogP) is 4.24. The van der Waals surface area contributed by atoms with Gasteiger partial charge in [-0.15, -0.1) is 0 Å². The third-order valence-corrected chi connectivity index (χ3v) is 3.58. The first-order valence-electron chi connectivity index (χ1n) is 7.23. The number of hydrogen-bond donors (Lipinski definition) is 1. The first-order chi connectivity index (χ1) is 9.70. The number of para-hydroxylation sites is 1. The molecule has 2 heteroatoms. The Morgan fingerprint density at radius 2 is 1.65 bits per heavy atom.